The molecule has 4 heteroatoms. The summed E-state index contributed by atoms with van der Waals surface area (Å²) < 4.78 is 0. The fraction of sp³-hybridized carbons (Fsp3) is 0.0667. The number of phenols is 1. The maximum Gasteiger partial charge on any atom is 0.271 e. The summed E-state index contributed by atoms with van der Waals surface area (Å²) in [5.41, 5.74) is 4.45. The van der Waals surface area contributed by atoms with Crippen LogP contribution in [0.25, 0.3) is 0 Å². The number of rotatable bonds is 3. The van der Waals surface area contributed by atoms with Crippen molar-refractivity contribution in [3.05, 3.63) is 65.2 Å². The summed E-state index contributed by atoms with van der Waals surface area (Å²) in [5.74, 6) is -0.152. The topological polar surface area (TPSA) is 61.7 Å². The largest absolute Gasteiger partial charge is 0.507 e. The smallest absolute Gasteiger partial charge is 0.271 e. The highest BCUT2D eigenvalue weighted by atomic mass is 16.3. The first kappa shape index (κ1) is 12.8. The monoisotopic (exact) mass is 254 g/mol. The van der Waals surface area contributed by atoms with E-state index in [-0.39, 0.29) is 11.7 Å². The van der Waals surface area contributed by atoms with Crippen molar-refractivity contribution in [1.29, 1.82) is 0 Å². The van der Waals surface area contributed by atoms with E-state index >= 15 is 0 Å². The predicted octanol–water partition coefficient (Wildman–Crippen LogP) is 2.46. The van der Waals surface area contributed by atoms with E-state index in [1.807, 2.05) is 19.1 Å². The molecule has 2 aromatic rings. The van der Waals surface area contributed by atoms with Crippen LogP contribution in [0.4, 0.5) is 0 Å². The fourth-order valence-electron chi connectivity index (χ4n) is 1.65. The minimum absolute atomic E-state index is 0.122. The normalized spacial score (nSPS) is 10.6. The maximum absolute atomic E-state index is 11.9. The van der Waals surface area contributed by atoms with E-state index < -0.39 is 0 Å². The molecule has 0 aliphatic carbocycles. The molecule has 2 aromatic carbocycles. The molecule has 0 aromatic heterocycles. The van der Waals surface area contributed by atoms with Gasteiger partial charge in [-0.25, -0.2) is 5.43 Å². The SMILES string of the molecule is Cc1ccccc1C(=O)NN=Cc1ccccc1O. The van der Waals surface area contributed by atoms with Crippen LogP contribution in [0.3, 0.4) is 0 Å². The van der Waals surface area contributed by atoms with Crippen molar-refractivity contribution < 1.29 is 9.90 Å². The molecule has 2 rings (SSSR count). The Hall–Kier alpha value is -2.62. The summed E-state index contributed by atoms with van der Waals surface area (Å²) in [6, 6.07) is 14.0. The van der Waals surface area contributed by atoms with Crippen molar-refractivity contribution in [3.63, 3.8) is 0 Å². The zero-order valence-electron chi connectivity index (χ0n) is 10.5. The van der Waals surface area contributed by atoms with Gasteiger partial charge in [-0.15, -0.1) is 0 Å². The molecule has 0 saturated heterocycles. The van der Waals surface area contributed by atoms with Crippen LogP contribution in [0.5, 0.6) is 5.75 Å². The molecule has 96 valence electrons. The van der Waals surface area contributed by atoms with Crippen molar-refractivity contribution in [2.45, 2.75) is 6.92 Å². The quantitative estimate of drug-likeness (QED) is 0.653. The van der Waals surface area contributed by atoms with Gasteiger partial charge in [0.15, 0.2) is 0 Å². The first-order valence-electron chi connectivity index (χ1n) is 5.85. The predicted molar refractivity (Wildman–Crippen MR) is 74.3 cm³/mol. The van der Waals surface area contributed by atoms with Crippen LogP contribution < -0.4 is 5.43 Å². The van der Waals surface area contributed by atoms with Gasteiger partial charge >= 0.3 is 0 Å². The highest BCUT2D eigenvalue weighted by Gasteiger charge is 2.06. The first-order chi connectivity index (χ1) is 9.18. The molecule has 0 bridgehead atoms. The van der Waals surface area contributed by atoms with E-state index in [2.05, 4.69) is 10.5 Å². The Morgan fingerprint density at radius 3 is 2.58 bits per heavy atom. The summed E-state index contributed by atoms with van der Waals surface area (Å²) in [6.07, 6.45) is 1.41. The van der Waals surface area contributed by atoms with Gasteiger partial charge in [0.25, 0.3) is 5.91 Å². The molecular weight excluding hydrogens is 240 g/mol. The summed E-state index contributed by atoms with van der Waals surface area (Å²) in [6.45, 7) is 1.86. The highest BCUT2D eigenvalue weighted by Crippen LogP contribution is 2.12. The Bertz CT molecular complexity index is 621. The van der Waals surface area contributed by atoms with Gasteiger partial charge in [0.1, 0.15) is 5.75 Å². The van der Waals surface area contributed by atoms with E-state index in [0.29, 0.717) is 11.1 Å². The molecule has 0 radical (unpaired) electrons. The number of aryl methyl sites for hydroxylation is 1. The van der Waals surface area contributed by atoms with Crippen LogP contribution in [0.15, 0.2) is 53.6 Å². The lowest BCUT2D eigenvalue weighted by atomic mass is 10.1. The van der Waals surface area contributed by atoms with Crippen LogP contribution >= 0.6 is 0 Å². The Balaban J connectivity index is 2.06. The van der Waals surface area contributed by atoms with Gasteiger partial charge in [-0.1, -0.05) is 30.3 Å². The second-order valence-electron chi connectivity index (χ2n) is 4.07. The highest BCUT2D eigenvalue weighted by molar-refractivity contribution is 5.96. The van der Waals surface area contributed by atoms with Gasteiger partial charge in [-0.3, -0.25) is 4.79 Å². The van der Waals surface area contributed by atoms with Crippen molar-refractivity contribution in [2.75, 3.05) is 0 Å². The molecule has 19 heavy (non-hydrogen) atoms. The van der Waals surface area contributed by atoms with Crippen molar-refractivity contribution in [1.82, 2.24) is 5.43 Å². The van der Waals surface area contributed by atoms with Gasteiger partial charge in [0, 0.05) is 11.1 Å². The van der Waals surface area contributed by atoms with E-state index in [1.165, 1.54) is 6.21 Å². The van der Waals surface area contributed by atoms with Crippen LogP contribution in [-0.2, 0) is 0 Å². The number of nitrogens with zero attached hydrogens (tertiary/aromatic N) is 1. The number of hydrazone groups is 1. The minimum atomic E-state index is -0.273. The van der Waals surface area contributed by atoms with Crippen molar-refractivity contribution in [2.24, 2.45) is 5.10 Å². The molecule has 0 fully saturated rings. The zero-order valence-corrected chi connectivity index (χ0v) is 10.5. The molecule has 0 spiro atoms. The number of phenolic OH excluding ortho intramolecular Hbond substituents is 1. The number of amides is 1. The Morgan fingerprint density at radius 2 is 1.84 bits per heavy atom. The molecule has 0 aliphatic rings. The van der Waals surface area contributed by atoms with E-state index in [4.69, 9.17) is 0 Å². The molecule has 0 saturated carbocycles. The molecule has 0 atom stereocenters. The average Bonchev–Trinajstić information content (AvgIpc) is 2.41. The fourth-order valence-corrected chi connectivity index (χ4v) is 1.65. The number of para-hydroxylation sites is 1. The standard InChI is InChI=1S/C15H14N2O2/c1-11-6-2-4-8-13(11)15(19)17-16-10-12-7-3-5-9-14(12)18/h2-10,18H,1H3,(H,17,19). The Labute approximate surface area is 111 Å². The summed E-state index contributed by atoms with van der Waals surface area (Å²) >= 11 is 0. The van der Waals surface area contributed by atoms with Crippen LogP contribution in [0, 0.1) is 6.92 Å². The maximum atomic E-state index is 11.9. The van der Waals surface area contributed by atoms with Crippen LogP contribution in [0.1, 0.15) is 21.5 Å². The number of aromatic hydroxyl groups is 1. The molecule has 2 N–H and O–H groups in total. The number of hydrogen-bond donors (Lipinski definition) is 2. The third-order valence-electron chi connectivity index (χ3n) is 2.70. The van der Waals surface area contributed by atoms with Gasteiger partial charge in [-0.2, -0.15) is 5.10 Å². The first-order valence-corrected chi connectivity index (χ1v) is 5.85. The summed E-state index contributed by atoms with van der Waals surface area (Å²) in [5, 5.41) is 13.4. The lowest BCUT2D eigenvalue weighted by molar-refractivity contribution is 0.0954. The van der Waals surface area contributed by atoms with Crippen molar-refractivity contribution >= 4 is 12.1 Å². The third-order valence-corrected chi connectivity index (χ3v) is 2.70. The van der Waals surface area contributed by atoms with E-state index in [0.717, 1.165) is 5.56 Å². The number of carbonyl (C=O) groups is 1. The lowest BCUT2D eigenvalue weighted by Crippen LogP contribution is -2.18. The summed E-state index contributed by atoms with van der Waals surface area (Å²) in [7, 11) is 0. The van der Waals surface area contributed by atoms with E-state index in [1.54, 1.807) is 36.4 Å². The zero-order chi connectivity index (χ0) is 13.7. The Morgan fingerprint density at radius 1 is 1.16 bits per heavy atom. The molecule has 0 heterocycles. The molecule has 4 nitrogen and oxygen atoms in total. The van der Waals surface area contributed by atoms with Crippen molar-refractivity contribution in [3.8, 4) is 5.75 Å². The second kappa shape index (κ2) is 5.82. The van der Waals surface area contributed by atoms with Gasteiger partial charge in [0.05, 0.1) is 6.21 Å². The van der Waals surface area contributed by atoms with Crippen LogP contribution in [0.2, 0.25) is 0 Å². The lowest BCUT2D eigenvalue weighted by Gasteiger charge is -2.03. The average molecular weight is 254 g/mol. The molecule has 0 unspecified atom stereocenters. The third kappa shape index (κ3) is 3.19. The van der Waals surface area contributed by atoms with Gasteiger partial charge in [0.2, 0.25) is 0 Å². The minimum Gasteiger partial charge on any atom is -0.507 e. The number of hydrogen-bond acceptors (Lipinski definition) is 3. The Kier molecular flexibility index (Phi) is 3.93. The van der Waals surface area contributed by atoms with Gasteiger partial charge in [-0.05, 0) is 30.7 Å². The summed E-state index contributed by atoms with van der Waals surface area (Å²) in [4.78, 5) is 11.9. The van der Waals surface area contributed by atoms with Crippen LogP contribution in [-0.4, -0.2) is 17.2 Å². The number of nitrogens with one attached hydrogen (secondary N) is 1. The number of carbonyl (C=O) groups excluding carboxylic acids is 1. The molecule has 0 aliphatic heterocycles. The molecular formula is C15H14N2O2. The number of benzene rings is 2. The second-order valence-corrected chi connectivity index (χ2v) is 4.07. The van der Waals surface area contributed by atoms with E-state index in [9.17, 15) is 9.90 Å². The molecule has 1 amide bonds. The van der Waals surface area contributed by atoms with Gasteiger partial charge < -0.3 is 5.11 Å².